The number of fused-ring (bicyclic) bond motifs is 3. The van der Waals surface area contributed by atoms with Crippen molar-refractivity contribution >= 4 is 0 Å². The fourth-order valence-electron chi connectivity index (χ4n) is 9.10. The van der Waals surface area contributed by atoms with Crippen LogP contribution >= 0.6 is 0 Å². The highest BCUT2D eigenvalue weighted by Gasteiger charge is 2.45. The van der Waals surface area contributed by atoms with Gasteiger partial charge in [0.1, 0.15) is 0 Å². The molecule has 286 valence electrons. The quantitative estimate of drug-likeness (QED) is 0.154. The topological polar surface area (TPSA) is 38.7 Å². The summed E-state index contributed by atoms with van der Waals surface area (Å²) in [5, 5.41) is 0. The molecule has 0 amide bonds. The van der Waals surface area contributed by atoms with Crippen LogP contribution < -0.4 is 0 Å². The third-order valence-corrected chi connectivity index (χ3v) is 12.1. The van der Waals surface area contributed by atoms with Crippen LogP contribution in [0.25, 0.3) is 78.5 Å². The van der Waals surface area contributed by atoms with Crippen molar-refractivity contribution in [3.63, 3.8) is 0 Å². The number of benzene rings is 8. The Morgan fingerprint density at radius 1 is 0.279 bits per heavy atom. The van der Waals surface area contributed by atoms with E-state index in [1.54, 1.807) is 0 Å². The van der Waals surface area contributed by atoms with E-state index in [1.807, 2.05) is 42.6 Å². The molecule has 2 aromatic heterocycles. The number of pyridine rings is 1. The van der Waals surface area contributed by atoms with Crippen molar-refractivity contribution < 1.29 is 0 Å². The Morgan fingerprint density at radius 2 is 0.721 bits per heavy atom. The van der Waals surface area contributed by atoms with Gasteiger partial charge in [-0.25, -0.2) is 9.97 Å². The minimum absolute atomic E-state index is 0.398. The molecular weight excluding hydrogens is 739 g/mol. The van der Waals surface area contributed by atoms with E-state index in [-0.39, 0.29) is 0 Å². The zero-order chi connectivity index (χ0) is 40.6. The molecule has 0 unspecified atom stereocenters. The zero-order valence-corrected chi connectivity index (χ0v) is 33.4. The fourth-order valence-corrected chi connectivity index (χ4v) is 9.10. The van der Waals surface area contributed by atoms with Crippen molar-refractivity contribution in [3.8, 4) is 78.5 Å². The maximum Gasteiger partial charge on any atom is 0.160 e. The fraction of sp³-hybridized carbons (Fsp3) is 0.0172. The zero-order valence-electron chi connectivity index (χ0n) is 33.4. The predicted octanol–water partition coefficient (Wildman–Crippen LogP) is 14.2. The van der Waals surface area contributed by atoms with E-state index in [0.29, 0.717) is 5.82 Å². The Bertz CT molecular complexity index is 3090. The highest BCUT2D eigenvalue weighted by molar-refractivity contribution is 5.89. The summed E-state index contributed by atoms with van der Waals surface area (Å²) < 4.78 is 0. The van der Waals surface area contributed by atoms with Gasteiger partial charge in [0.05, 0.1) is 22.5 Å². The lowest BCUT2D eigenvalue weighted by atomic mass is 9.67. The molecule has 3 heteroatoms. The first-order valence-electron chi connectivity index (χ1n) is 20.8. The molecule has 3 nitrogen and oxygen atoms in total. The average molecular weight is 778 g/mol. The first kappa shape index (κ1) is 36.1. The highest BCUT2D eigenvalue weighted by atomic mass is 14.9. The minimum atomic E-state index is -0.398. The van der Waals surface area contributed by atoms with E-state index in [0.717, 1.165) is 50.5 Å². The summed E-state index contributed by atoms with van der Waals surface area (Å²) in [6, 6.07) is 82.1. The third-order valence-electron chi connectivity index (χ3n) is 12.1. The molecule has 0 bridgehead atoms. The molecule has 8 aromatic carbocycles. The number of hydrogen-bond donors (Lipinski definition) is 0. The van der Waals surface area contributed by atoms with Gasteiger partial charge in [-0.1, -0.05) is 206 Å². The lowest BCUT2D eigenvalue weighted by Crippen LogP contribution is -2.28. The second-order valence-electron chi connectivity index (χ2n) is 15.6. The molecule has 61 heavy (non-hydrogen) atoms. The molecule has 1 aliphatic carbocycles. The van der Waals surface area contributed by atoms with Crippen LogP contribution in [0.1, 0.15) is 22.3 Å². The lowest BCUT2D eigenvalue weighted by molar-refractivity contribution is 0.768. The summed E-state index contributed by atoms with van der Waals surface area (Å²) in [4.78, 5) is 14.9. The van der Waals surface area contributed by atoms with Crippen molar-refractivity contribution in [3.05, 3.63) is 259 Å². The van der Waals surface area contributed by atoms with Crippen LogP contribution in [0.15, 0.2) is 237 Å². The molecule has 0 spiro atoms. The monoisotopic (exact) mass is 777 g/mol. The molecule has 0 atom stereocenters. The summed E-state index contributed by atoms with van der Waals surface area (Å²) in [5.41, 5.74) is 18.7. The van der Waals surface area contributed by atoms with Crippen LogP contribution in [0.2, 0.25) is 0 Å². The lowest BCUT2D eigenvalue weighted by Gasteiger charge is -2.33. The highest BCUT2D eigenvalue weighted by Crippen LogP contribution is 2.56. The Morgan fingerprint density at radius 3 is 1.31 bits per heavy atom. The van der Waals surface area contributed by atoms with E-state index in [1.165, 1.54) is 44.5 Å². The number of rotatable bonds is 8. The van der Waals surface area contributed by atoms with Gasteiger partial charge in [-0.3, -0.25) is 4.98 Å². The van der Waals surface area contributed by atoms with E-state index in [2.05, 4.69) is 194 Å². The predicted molar refractivity (Wildman–Crippen MR) is 250 cm³/mol. The largest absolute Gasteiger partial charge is 0.256 e. The van der Waals surface area contributed by atoms with Gasteiger partial charge in [0, 0.05) is 28.5 Å². The SMILES string of the molecule is c1ccc(-c2ccc(-c3cc(-c4ccc(-c5ccc(-c6ccc7c(c6)-c6ccccc6C7(c6ccccc6)c6ccccc6)cc5)cc4)nc(-c4ccccc4)n3)cn2)cc1. The molecule has 0 saturated heterocycles. The number of aromatic nitrogens is 3. The van der Waals surface area contributed by atoms with Gasteiger partial charge in [-0.2, -0.15) is 0 Å². The minimum Gasteiger partial charge on any atom is -0.256 e. The smallest absolute Gasteiger partial charge is 0.160 e. The standard InChI is InChI=1S/C58H39N3/c1-5-15-43(16-6-1)54-36-34-47(39-59-54)56-38-55(60-57(61-56)45-17-7-2-8-18-45)44-31-29-41(30-32-44)40-25-27-42(28-26-40)46-33-35-53-51(37-46)50-23-13-14-24-52(50)58(53,48-19-9-3-10-20-48)49-21-11-4-12-22-49/h1-39H. The summed E-state index contributed by atoms with van der Waals surface area (Å²) in [7, 11) is 0. The summed E-state index contributed by atoms with van der Waals surface area (Å²) in [6.07, 6.45) is 1.90. The summed E-state index contributed by atoms with van der Waals surface area (Å²) in [6.45, 7) is 0. The van der Waals surface area contributed by atoms with Crippen LogP contribution in [0.3, 0.4) is 0 Å². The Balaban J connectivity index is 0.909. The van der Waals surface area contributed by atoms with Gasteiger partial charge in [-0.15, -0.1) is 0 Å². The number of nitrogens with zero attached hydrogens (tertiary/aromatic N) is 3. The van der Waals surface area contributed by atoms with Crippen molar-refractivity contribution in [2.45, 2.75) is 5.41 Å². The van der Waals surface area contributed by atoms with Crippen LogP contribution in [-0.4, -0.2) is 15.0 Å². The Hall–Kier alpha value is -8.01. The summed E-state index contributed by atoms with van der Waals surface area (Å²) >= 11 is 0. The van der Waals surface area contributed by atoms with Gasteiger partial charge in [0.25, 0.3) is 0 Å². The summed E-state index contributed by atoms with van der Waals surface area (Å²) in [5.74, 6) is 0.681. The van der Waals surface area contributed by atoms with E-state index >= 15 is 0 Å². The van der Waals surface area contributed by atoms with E-state index in [4.69, 9.17) is 15.0 Å². The molecule has 0 radical (unpaired) electrons. The average Bonchev–Trinajstić information content (AvgIpc) is 3.65. The van der Waals surface area contributed by atoms with Crippen molar-refractivity contribution in [1.82, 2.24) is 15.0 Å². The van der Waals surface area contributed by atoms with Crippen LogP contribution in [0, 0.1) is 0 Å². The van der Waals surface area contributed by atoms with Gasteiger partial charge >= 0.3 is 0 Å². The molecule has 0 aliphatic heterocycles. The first-order valence-corrected chi connectivity index (χ1v) is 20.8. The molecule has 0 saturated carbocycles. The van der Waals surface area contributed by atoms with Crippen molar-refractivity contribution in [2.24, 2.45) is 0 Å². The van der Waals surface area contributed by atoms with Crippen LogP contribution in [0.4, 0.5) is 0 Å². The molecular formula is C58H39N3. The van der Waals surface area contributed by atoms with Gasteiger partial charge in [-0.05, 0) is 79.9 Å². The first-order chi connectivity index (χ1) is 30.2. The Labute approximate surface area is 356 Å². The third kappa shape index (κ3) is 6.44. The molecule has 0 N–H and O–H groups in total. The van der Waals surface area contributed by atoms with E-state index < -0.39 is 5.41 Å². The molecule has 2 heterocycles. The van der Waals surface area contributed by atoms with E-state index in [9.17, 15) is 0 Å². The second kappa shape index (κ2) is 15.3. The number of hydrogen-bond acceptors (Lipinski definition) is 3. The van der Waals surface area contributed by atoms with Gasteiger partial charge in [0.2, 0.25) is 0 Å². The van der Waals surface area contributed by atoms with Crippen molar-refractivity contribution in [1.29, 1.82) is 0 Å². The molecule has 11 rings (SSSR count). The van der Waals surface area contributed by atoms with Gasteiger partial charge in [0.15, 0.2) is 5.82 Å². The molecule has 0 fully saturated rings. The van der Waals surface area contributed by atoms with Crippen LogP contribution in [0.5, 0.6) is 0 Å². The van der Waals surface area contributed by atoms with Crippen LogP contribution in [-0.2, 0) is 5.41 Å². The molecule has 1 aliphatic rings. The maximum absolute atomic E-state index is 5.06. The van der Waals surface area contributed by atoms with Crippen molar-refractivity contribution in [2.75, 3.05) is 0 Å². The molecule has 10 aromatic rings. The second-order valence-corrected chi connectivity index (χ2v) is 15.6. The normalized spacial score (nSPS) is 12.4. The Kier molecular flexibility index (Phi) is 9.05. The maximum atomic E-state index is 5.06. The van der Waals surface area contributed by atoms with Gasteiger partial charge < -0.3 is 0 Å².